The lowest BCUT2D eigenvalue weighted by molar-refractivity contribution is -0.142. The van der Waals surface area contributed by atoms with Gasteiger partial charge in [-0.3, -0.25) is 57.9 Å². The number of aliphatic hydroxyl groups is 2. The fourth-order valence-electron chi connectivity index (χ4n) is 6.20. The summed E-state index contributed by atoms with van der Waals surface area (Å²) in [5.41, 5.74) is 26.7. The lowest BCUT2D eigenvalue weighted by Crippen LogP contribution is -2.61. The van der Waals surface area contributed by atoms with Gasteiger partial charge >= 0.3 is 5.97 Å². The van der Waals surface area contributed by atoms with Crippen molar-refractivity contribution < 1.29 is 63.3 Å². The van der Waals surface area contributed by atoms with Crippen molar-refractivity contribution in [1.29, 1.82) is 0 Å². The Labute approximate surface area is 394 Å². The first-order chi connectivity index (χ1) is 31.6. The molecule has 0 aromatic carbocycles. The Hall–Kier alpha value is -6.84. The van der Waals surface area contributed by atoms with Crippen molar-refractivity contribution in [2.24, 2.45) is 50.5 Å². The molecule has 386 valence electrons. The number of carboxylic acid groups (broad SMARTS) is 1. The molecule has 0 fully saturated rings. The highest BCUT2D eigenvalue weighted by Crippen LogP contribution is 2.10. The summed E-state index contributed by atoms with van der Waals surface area (Å²) in [7, 11) is 0. The van der Waals surface area contributed by atoms with E-state index in [9.17, 15) is 63.3 Å². The number of aliphatic hydroxyl groups excluding tert-OH is 2. The fraction of sp³-hybridized carbons (Fsp3) is 0.700. The van der Waals surface area contributed by atoms with Gasteiger partial charge < -0.3 is 86.5 Å². The molecule has 0 unspecified atom stereocenters. The predicted octanol–water partition coefficient (Wildman–Crippen LogP) is -6.56. The van der Waals surface area contributed by atoms with Crippen LogP contribution in [0.1, 0.15) is 93.4 Å². The Balaban J connectivity index is 6.07. The third-order valence-corrected chi connectivity index (χ3v) is 9.57. The zero-order chi connectivity index (χ0) is 52.4. The number of guanidine groups is 2. The van der Waals surface area contributed by atoms with Gasteiger partial charge in [0.25, 0.3) is 0 Å². The molecule has 9 amide bonds. The molecule has 28 heteroatoms. The zero-order valence-corrected chi connectivity index (χ0v) is 39.6. The summed E-state index contributed by atoms with van der Waals surface area (Å²) >= 11 is 0. The van der Waals surface area contributed by atoms with E-state index < -0.39 is 127 Å². The predicted molar refractivity (Wildman–Crippen MR) is 246 cm³/mol. The molecule has 0 heterocycles. The smallest absolute Gasteiger partial charge is 0.305 e. The monoisotopic (exact) mass is 972 g/mol. The number of primary amides is 1. The van der Waals surface area contributed by atoms with Gasteiger partial charge in [-0.1, -0.05) is 27.7 Å². The Morgan fingerprint density at radius 1 is 0.500 bits per heavy atom. The van der Waals surface area contributed by atoms with Crippen LogP contribution in [0.3, 0.4) is 0 Å². The molecule has 0 radical (unpaired) electrons. The third kappa shape index (κ3) is 25.2. The van der Waals surface area contributed by atoms with Crippen molar-refractivity contribution in [3.8, 4) is 0 Å². The van der Waals surface area contributed by atoms with Crippen molar-refractivity contribution in [1.82, 2.24) is 42.5 Å². The summed E-state index contributed by atoms with van der Waals surface area (Å²) in [5.74, 6) is -10.8. The SMILES string of the molecule is CC(=O)N[C@@H](CCCN=C(N)N)C(=O)N[C@H](C(=O)N[C@@H](CC(=O)O)C(=O)N[C@@H](CC(C)C)C(=O)N[C@@H](C)C(=O)N[C@@H](CO)C(=O)N[C@@H](CC(C)C)C(=O)N[C@@H](CCCN=C(N)N)C(N)=O)[C@@H](C)O. The third-order valence-electron chi connectivity index (χ3n) is 9.57. The highest BCUT2D eigenvalue weighted by atomic mass is 16.4. The number of hydrogen-bond acceptors (Lipinski definition) is 14. The Bertz CT molecular complexity index is 1800. The number of nitrogens with one attached hydrogen (secondary N) is 8. The van der Waals surface area contributed by atoms with Crippen LogP contribution in [0.5, 0.6) is 0 Å². The van der Waals surface area contributed by atoms with Crippen molar-refractivity contribution in [3.05, 3.63) is 0 Å². The number of carbonyl (C=O) groups is 10. The topological polar surface area (TPSA) is 482 Å². The Kier molecular flexibility index (Phi) is 28.1. The van der Waals surface area contributed by atoms with Gasteiger partial charge in [-0.15, -0.1) is 0 Å². The van der Waals surface area contributed by atoms with Gasteiger partial charge in [0.1, 0.15) is 48.3 Å². The van der Waals surface area contributed by atoms with Crippen molar-refractivity contribution >= 4 is 71.1 Å². The number of rotatable bonds is 32. The molecule has 0 saturated heterocycles. The minimum atomic E-state index is -1.88. The molecular weight excluding hydrogens is 899 g/mol. The molecule has 9 atom stereocenters. The minimum Gasteiger partial charge on any atom is -0.481 e. The molecular formula is C40H73N15O13. The van der Waals surface area contributed by atoms with Crippen LogP contribution in [-0.2, 0) is 47.9 Å². The summed E-state index contributed by atoms with van der Waals surface area (Å²) in [6.07, 6.45) is -2.08. The number of aliphatic carboxylic acids is 1. The number of nitrogens with zero attached hydrogens (tertiary/aromatic N) is 2. The number of hydrogen-bond donors (Lipinski definition) is 16. The van der Waals surface area contributed by atoms with Crippen LogP contribution in [0.2, 0.25) is 0 Å². The maximum atomic E-state index is 13.6. The molecule has 0 aliphatic carbocycles. The average molecular weight is 972 g/mol. The van der Waals surface area contributed by atoms with Crippen molar-refractivity contribution in [3.63, 3.8) is 0 Å². The van der Waals surface area contributed by atoms with Crippen LogP contribution in [0.4, 0.5) is 0 Å². The standard InChI is InChI=1S/C40H73N15O13/c1-18(2)14-25(51-36(66)27(16-29(59)60)53-38(68)30(21(6)57)55-33(63)24(49-22(7)58)11-9-13-47-40(44)45)34(64)48-20(5)32(62)54-28(17-56)37(67)52-26(15-19(3)4)35(65)50-23(31(41)61)10-8-12-46-39(42)43/h18-21,23-28,30,56-57H,8-17H2,1-7H3,(H2,41,61)(H,48,64)(H,49,58)(H,50,65)(H,51,66)(H,52,67)(H,53,68)(H,54,62)(H,55,63)(H,59,60)(H4,42,43,46)(H4,44,45,47)/t20-,21+,23-,24-,25-,26-,27-,28-,30-/m0/s1. The van der Waals surface area contributed by atoms with E-state index in [1.165, 1.54) is 6.92 Å². The number of aliphatic imine (C=N–C) groups is 2. The highest BCUT2D eigenvalue weighted by Gasteiger charge is 2.36. The summed E-state index contributed by atoms with van der Waals surface area (Å²) in [6.45, 7) is 9.67. The maximum absolute atomic E-state index is 13.6. The molecule has 0 aromatic rings. The van der Waals surface area contributed by atoms with Crippen LogP contribution in [0.15, 0.2) is 9.98 Å². The summed E-state index contributed by atoms with van der Waals surface area (Å²) in [4.78, 5) is 137. The lowest BCUT2D eigenvalue weighted by Gasteiger charge is -2.28. The average Bonchev–Trinajstić information content (AvgIpc) is 3.21. The summed E-state index contributed by atoms with van der Waals surface area (Å²) < 4.78 is 0. The zero-order valence-electron chi connectivity index (χ0n) is 39.6. The van der Waals surface area contributed by atoms with E-state index in [1.54, 1.807) is 27.7 Å². The second kappa shape index (κ2) is 31.2. The van der Waals surface area contributed by atoms with Gasteiger partial charge in [0.15, 0.2) is 11.9 Å². The van der Waals surface area contributed by atoms with Crippen LogP contribution < -0.4 is 71.2 Å². The van der Waals surface area contributed by atoms with E-state index in [2.05, 4.69) is 52.5 Å². The van der Waals surface area contributed by atoms with Crippen LogP contribution in [0, 0.1) is 11.8 Å². The largest absolute Gasteiger partial charge is 0.481 e. The molecule has 0 bridgehead atoms. The quantitative estimate of drug-likeness (QED) is 0.0169. The molecule has 0 aromatic heterocycles. The van der Waals surface area contributed by atoms with Crippen molar-refractivity contribution in [2.45, 2.75) is 148 Å². The number of nitrogens with two attached hydrogens (primary N) is 5. The molecule has 28 nitrogen and oxygen atoms in total. The molecule has 68 heavy (non-hydrogen) atoms. The summed E-state index contributed by atoms with van der Waals surface area (Å²) in [6, 6.07) is -11.8. The van der Waals surface area contributed by atoms with E-state index in [0.717, 1.165) is 13.8 Å². The second-order valence-electron chi connectivity index (χ2n) is 16.9. The Morgan fingerprint density at radius 3 is 1.31 bits per heavy atom. The van der Waals surface area contributed by atoms with E-state index in [4.69, 9.17) is 28.7 Å². The van der Waals surface area contributed by atoms with E-state index >= 15 is 0 Å². The van der Waals surface area contributed by atoms with Gasteiger partial charge in [0.2, 0.25) is 53.2 Å². The number of amides is 9. The van der Waals surface area contributed by atoms with E-state index in [-0.39, 0.29) is 75.4 Å². The molecule has 21 N–H and O–H groups in total. The van der Waals surface area contributed by atoms with Gasteiger partial charge in [-0.05, 0) is 64.2 Å². The fourth-order valence-corrected chi connectivity index (χ4v) is 6.20. The van der Waals surface area contributed by atoms with Crippen LogP contribution in [-0.4, -0.2) is 161 Å². The van der Waals surface area contributed by atoms with Gasteiger partial charge in [-0.2, -0.15) is 0 Å². The molecule has 0 aliphatic rings. The minimum absolute atomic E-state index is 0.00308. The van der Waals surface area contributed by atoms with Gasteiger partial charge in [0.05, 0.1) is 19.1 Å². The number of carboxylic acids is 1. The summed E-state index contributed by atoms with van der Waals surface area (Å²) in [5, 5.41) is 49.0. The molecule has 0 aliphatic heterocycles. The van der Waals surface area contributed by atoms with Gasteiger partial charge in [-0.25, -0.2) is 0 Å². The first-order valence-electron chi connectivity index (χ1n) is 21.9. The first kappa shape index (κ1) is 61.2. The normalized spacial score (nSPS) is 14.9. The molecule has 0 spiro atoms. The maximum Gasteiger partial charge on any atom is 0.305 e. The molecule has 0 rings (SSSR count). The Morgan fingerprint density at radius 2 is 0.897 bits per heavy atom. The molecule has 0 saturated carbocycles. The van der Waals surface area contributed by atoms with Crippen molar-refractivity contribution in [2.75, 3.05) is 19.7 Å². The lowest BCUT2D eigenvalue weighted by atomic mass is 10.0. The van der Waals surface area contributed by atoms with Gasteiger partial charge in [0, 0.05) is 20.0 Å². The van der Waals surface area contributed by atoms with Crippen LogP contribution in [0.25, 0.3) is 0 Å². The van der Waals surface area contributed by atoms with Crippen LogP contribution >= 0.6 is 0 Å². The number of carbonyl (C=O) groups excluding carboxylic acids is 9. The highest BCUT2D eigenvalue weighted by molar-refractivity contribution is 5.98. The first-order valence-corrected chi connectivity index (χ1v) is 21.9. The van der Waals surface area contributed by atoms with E-state index in [0.29, 0.717) is 0 Å². The van der Waals surface area contributed by atoms with E-state index in [1.807, 2.05) is 0 Å². The second-order valence-corrected chi connectivity index (χ2v) is 16.9.